The van der Waals surface area contributed by atoms with Crippen LogP contribution >= 0.6 is 0 Å². The Hall–Kier alpha value is -0.800. The van der Waals surface area contributed by atoms with Gasteiger partial charge in [-0.15, -0.1) is 0 Å². The third-order valence-electron chi connectivity index (χ3n) is 5.06. The van der Waals surface area contributed by atoms with Crippen molar-refractivity contribution in [3.8, 4) is 0 Å². The van der Waals surface area contributed by atoms with E-state index in [0.717, 1.165) is 12.3 Å². The summed E-state index contributed by atoms with van der Waals surface area (Å²) in [6.45, 7) is 5.97. The molecular weight excluding hydrogens is 234 g/mol. The largest absolute Gasteiger partial charge is 0.348 e. The zero-order valence-electron chi connectivity index (χ0n) is 12.4. The second kappa shape index (κ2) is 5.29. The van der Waals surface area contributed by atoms with Crippen LogP contribution in [0.25, 0.3) is 0 Å². The lowest BCUT2D eigenvalue weighted by Crippen LogP contribution is -2.32. The second-order valence-corrected chi connectivity index (χ2v) is 6.54. The molecule has 1 saturated heterocycles. The standard InChI is InChI=1S/C16H27N3/c1-12-10-14-15(17)4-3-5-16(14)19(12)11-13-6-8-18(2)9-7-13/h10,13,15H,3-9,11,17H2,1-2H3. The number of nitrogens with two attached hydrogens (primary N) is 1. The lowest BCUT2D eigenvalue weighted by molar-refractivity contribution is 0.203. The monoisotopic (exact) mass is 261 g/mol. The Balaban J connectivity index is 1.77. The highest BCUT2D eigenvalue weighted by Gasteiger charge is 2.24. The Kier molecular flexibility index (Phi) is 3.68. The van der Waals surface area contributed by atoms with Gasteiger partial charge in [-0.05, 0) is 76.7 Å². The second-order valence-electron chi connectivity index (χ2n) is 6.54. The van der Waals surface area contributed by atoms with Gasteiger partial charge in [-0.1, -0.05) is 0 Å². The molecule has 2 aliphatic rings. The van der Waals surface area contributed by atoms with Gasteiger partial charge in [0, 0.05) is 24.0 Å². The summed E-state index contributed by atoms with van der Waals surface area (Å²) in [6, 6.07) is 2.62. The normalized spacial score (nSPS) is 25.5. The van der Waals surface area contributed by atoms with Crippen molar-refractivity contribution >= 4 is 0 Å². The summed E-state index contributed by atoms with van der Waals surface area (Å²) in [4.78, 5) is 2.45. The van der Waals surface area contributed by atoms with Gasteiger partial charge in [0.2, 0.25) is 0 Å². The number of nitrogens with zero attached hydrogens (tertiary/aromatic N) is 2. The summed E-state index contributed by atoms with van der Waals surface area (Å²) in [5.41, 5.74) is 10.6. The number of hydrogen-bond donors (Lipinski definition) is 1. The summed E-state index contributed by atoms with van der Waals surface area (Å²) in [5, 5.41) is 0. The highest BCUT2D eigenvalue weighted by Crippen LogP contribution is 2.32. The molecule has 0 bridgehead atoms. The van der Waals surface area contributed by atoms with Gasteiger partial charge in [0.15, 0.2) is 0 Å². The van der Waals surface area contributed by atoms with Gasteiger partial charge in [-0.3, -0.25) is 0 Å². The number of piperidine rings is 1. The van der Waals surface area contributed by atoms with E-state index in [4.69, 9.17) is 5.73 Å². The van der Waals surface area contributed by atoms with Crippen molar-refractivity contribution < 1.29 is 0 Å². The lowest BCUT2D eigenvalue weighted by Gasteiger charge is -2.30. The van der Waals surface area contributed by atoms with Crippen molar-refractivity contribution in [2.75, 3.05) is 20.1 Å². The molecule has 1 aromatic heterocycles. The molecule has 19 heavy (non-hydrogen) atoms. The summed E-state index contributed by atoms with van der Waals surface area (Å²) in [6.07, 6.45) is 6.32. The van der Waals surface area contributed by atoms with Crippen LogP contribution < -0.4 is 5.73 Å². The van der Waals surface area contributed by atoms with Crippen LogP contribution in [0.4, 0.5) is 0 Å². The molecular formula is C16H27N3. The summed E-state index contributed by atoms with van der Waals surface area (Å²) < 4.78 is 2.57. The molecule has 3 rings (SSSR count). The van der Waals surface area contributed by atoms with Crippen LogP contribution in [-0.2, 0) is 13.0 Å². The van der Waals surface area contributed by atoms with E-state index in [-0.39, 0.29) is 6.04 Å². The fourth-order valence-corrected chi connectivity index (χ4v) is 3.76. The molecule has 2 heterocycles. The van der Waals surface area contributed by atoms with E-state index in [2.05, 4.69) is 29.5 Å². The molecule has 0 spiro atoms. The number of likely N-dealkylation sites (tertiary alicyclic amines) is 1. The molecule has 3 heteroatoms. The maximum atomic E-state index is 6.26. The van der Waals surface area contributed by atoms with E-state index in [0.29, 0.717) is 0 Å². The van der Waals surface area contributed by atoms with Crippen LogP contribution in [-0.4, -0.2) is 29.6 Å². The maximum Gasteiger partial charge on any atom is 0.0313 e. The molecule has 3 nitrogen and oxygen atoms in total. The van der Waals surface area contributed by atoms with Crippen molar-refractivity contribution in [3.63, 3.8) is 0 Å². The minimum Gasteiger partial charge on any atom is -0.348 e. The smallest absolute Gasteiger partial charge is 0.0313 e. The van der Waals surface area contributed by atoms with E-state index in [1.807, 2.05) is 0 Å². The predicted molar refractivity (Wildman–Crippen MR) is 79.3 cm³/mol. The van der Waals surface area contributed by atoms with E-state index < -0.39 is 0 Å². The molecule has 1 aromatic rings. The van der Waals surface area contributed by atoms with Gasteiger partial charge in [-0.25, -0.2) is 0 Å². The minimum atomic E-state index is 0.279. The number of fused-ring (bicyclic) bond motifs is 1. The van der Waals surface area contributed by atoms with Crippen LogP contribution in [0.15, 0.2) is 6.07 Å². The van der Waals surface area contributed by atoms with Crippen molar-refractivity contribution in [1.29, 1.82) is 0 Å². The van der Waals surface area contributed by atoms with Gasteiger partial charge < -0.3 is 15.2 Å². The van der Waals surface area contributed by atoms with Gasteiger partial charge in [0.1, 0.15) is 0 Å². The first kappa shape index (κ1) is 13.2. The van der Waals surface area contributed by atoms with Crippen LogP contribution in [0.2, 0.25) is 0 Å². The Morgan fingerprint density at radius 3 is 2.74 bits per heavy atom. The van der Waals surface area contributed by atoms with Gasteiger partial charge in [0.05, 0.1) is 0 Å². The van der Waals surface area contributed by atoms with E-state index in [1.165, 1.54) is 62.3 Å². The molecule has 0 amide bonds. The first-order chi connectivity index (χ1) is 9.15. The molecule has 1 atom stereocenters. The van der Waals surface area contributed by atoms with Crippen LogP contribution in [0.5, 0.6) is 0 Å². The van der Waals surface area contributed by atoms with Crippen molar-refractivity contribution in [3.05, 3.63) is 23.0 Å². The number of aromatic nitrogens is 1. The van der Waals surface area contributed by atoms with Crippen LogP contribution in [0, 0.1) is 12.8 Å². The molecule has 1 aliphatic carbocycles. The highest BCUT2D eigenvalue weighted by atomic mass is 15.1. The molecule has 1 fully saturated rings. The average molecular weight is 261 g/mol. The lowest BCUT2D eigenvalue weighted by atomic mass is 9.93. The first-order valence-electron chi connectivity index (χ1n) is 7.78. The van der Waals surface area contributed by atoms with Crippen LogP contribution in [0.1, 0.15) is 48.7 Å². The van der Waals surface area contributed by atoms with E-state index >= 15 is 0 Å². The van der Waals surface area contributed by atoms with E-state index in [1.54, 1.807) is 0 Å². The summed E-state index contributed by atoms with van der Waals surface area (Å²) in [7, 11) is 2.23. The van der Waals surface area contributed by atoms with E-state index in [9.17, 15) is 0 Å². The summed E-state index contributed by atoms with van der Waals surface area (Å²) in [5.74, 6) is 0.851. The third-order valence-corrected chi connectivity index (χ3v) is 5.06. The minimum absolute atomic E-state index is 0.279. The first-order valence-corrected chi connectivity index (χ1v) is 7.78. The maximum absolute atomic E-state index is 6.26. The number of rotatable bonds is 2. The van der Waals surface area contributed by atoms with Crippen molar-refractivity contribution in [1.82, 2.24) is 9.47 Å². The highest BCUT2D eigenvalue weighted by molar-refractivity contribution is 5.32. The Labute approximate surface area is 116 Å². The van der Waals surface area contributed by atoms with Crippen molar-refractivity contribution in [2.24, 2.45) is 11.7 Å². The Bertz CT molecular complexity index is 441. The Morgan fingerprint density at radius 2 is 2.00 bits per heavy atom. The molecule has 1 unspecified atom stereocenters. The van der Waals surface area contributed by atoms with Gasteiger partial charge in [0.25, 0.3) is 0 Å². The molecule has 1 aliphatic heterocycles. The van der Waals surface area contributed by atoms with Crippen molar-refractivity contribution in [2.45, 2.75) is 51.6 Å². The third kappa shape index (κ3) is 2.59. The fraction of sp³-hybridized carbons (Fsp3) is 0.750. The predicted octanol–water partition coefficient (Wildman–Crippen LogP) is 2.47. The molecule has 106 valence electrons. The Morgan fingerprint density at radius 1 is 1.26 bits per heavy atom. The zero-order valence-corrected chi connectivity index (χ0v) is 12.4. The number of hydrogen-bond acceptors (Lipinski definition) is 2. The number of aryl methyl sites for hydroxylation is 1. The molecule has 2 N–H and O–H groups in total. The van der Waals surface area contributed by atoms with Gasteiger partial charge in [-0.2, -0.15) is 0 Å². The zero-order chi connectivity index (χ0) is 13.4. The quantitative estimate of drug-likeness (QED) is 0.887. The SMILES string of the molecule is Cc1cc2c(n1CC1CCN(C)CC1)CCCC2N. The molecule has 0 saturated carbocycles. The summed E-state index contributed by atoms with van der Waals surface area (Å²) >= 11 is 0. The molecule has 0 aromatic carbocycles. The van der Waals surface area contributed by atoms with Crippen LogP contribution in [0.3, 0.4) is 0 Å². The topological polar surface area (TPSA) is 34.2 Å². The molecule has 0 radical (unpaired) electrons. The fourth-order valence-electron chi connectivity index (χ4n) is 3.76. The van der Waals surface area contributed by atoms with Gasteiger partial charge >= 0.3 is 0 Å². The average Bonchev–Trinajstić information content (AvgIpc) is 2.71.